The summed E-state index contributed by atoms with van der Waals surface area (Å²) in [6.07, 6.45) is 0.138. The van der Waals surface area contributed by atoms with Crippen molar-refractivity contribution in [3.63, 3.8) is 0 Å². The molecule has 1 rings (SSSR count). The molecular formula is C11H21N3O6Si. The fourth-order valence-electron chi connectivity index (χ4n) is 1.74. The fourth-order valence-corrected chi connectivity index (χ4v) is 3.03. The second-order valence-corrected chi connectivity index (χ2v) is 7.51. The van der Waals surface area contributed by atoms with Crippen LogP contribution in [-0.4, -0.2) is 63.2 Å². The second-order valence-electron chi connectivity index (χ2n) is 4.77. The quantitative estimate of drug-likeness (QED) is 0.620. The average Bonchev–Trinajstić information content (AvgIpc) is 2.92. The monoisotopic (exact) mass is 319 g/mol. The highest BCUT2D eigenvalue weighted by molar-refractivity contribution is 6.59. The van der Waals surface area contributed by atoms with E-state index >= 15 is 0 Å². The lowest BCUT2D eigenvalue weighted by molar-refractivity contribution is -0.137. The third-order valence-corrected chi connectivity index (χ3v) is 5.23. The highest BCUT2D eigenvalue weighted by Crippen LogP contribution is 2.28. The van der Waals surface area contributed by atoms with Crippen LogP contribution >= 0.6 is 0 Å². The zero-order valence-corrected chi connectivity index (χ0v) is 13.6. The number of anilines is 1. The molecule has 0 aliphatic carbocycles. The van der Waals surface area contributed by atoms with Gasteiger partial charge in [0.2, 0.25) is 5.89 Å². The predicted octanol–water partition coefficient (Wildman–Crippen LogP) is 0.308. The van der Waals surface area contributed by atoms with E-state index in [1.807, 2.05) is 0 Å². The van der Waals surface area contributed by atoms with E-state index in [-0.39, 0.29) is 18.4 Å². The topological polar surface area (TPSA) is 118 Å². The Morgan fingerprint density at radius 1 is 1.38 bits per heavy atom. The standard InChI is InChI=1S/C11H21N3O6Si/c1-14(2)11-13-12-10(20-11)8(7-9(15)16)5-6-21(17,18-3)19-4/h8,17H,5-7H2,1-4H3,(H,15,16). The molecule has 0 saturated carbocycles. The Hall–Kier alpha value is -1.49. The Kier molecular flexibility index (Phi) is 6.27. The summed E-state index contributed by atoms with van der Waals surface area (Å²) in [5.41, 5.74) is 0. The highest BCUT2D eigenvalue weighted by Gasteiger charge is 2.36. The van der Waals surface area contributed by atoms with Crippen LogP contribution in [0.1, 0.15) is 24.7 Å². The Labute approximate surface area is 123 Å². The number of nitrogens with zero attached hydrogens (tertiary/aromatic N) is 3. The van der Waals surface area contributed by atoms with Crippen molar-refractivity contribution in [1.82, 2.24) is 10.2 Å². The van der Waals surface area contributed by atoms with Gasteiger partial charge >= 0.3 is 20.8 Å². The fraction of sp³-hybridized carbons (Fsp3) is 0.727. The first-order chi connectivity index (χ1) is 9.81. The maximum absolute atomic E-state index is 11.0. The van der Waals surface area contributed by atoms with E-state index in [2.05, 4.69) is 10.2 Å². The van der Waals surface area contributed by atoms with Gasteiger partial charge in [-0.1, -0.05) is 5.10 Å². The molecule has 0 radical (unpaired) electrons. The van der Waals surface area contributed by atoms with Crippen molar-refractivity contribution < 1.29 is 28.0 Å². The number of hydrogen-bond acceptors (Lipinski definition) is 8. The van der Waals surface area contributed by atoms with Gasteiger partial charge < -0.3 is 28.1 Å². The summed E-state index contributed by atoms with van der Waals surface area (Å²) in [6, 6.07) is 0.504. The van der Waals surface area contributed by atoms with E-state index in [9.17, 15) is 9.59 Å². The van der Waals surface area contributed by atoms with Gasteiger partial charge in [0.25, 0.3) is 0 Å². The van der Waals surface area contributed by atoms with Crippen molar-refractivity contribution >= 4 is 20.8 Å². The first kappa shape index (κ1) is 17.6. The molecule has 0 amide bonds. The minimum atomic E-state index is -3.25. The summed E-state index contributed by atoms with van der Waals surface area (Å²) in [6.45, 7) is 0. The summed E-state index contributed by atoms with van der Waals surface area (Å²) in [4.78, 5) is 22.6. The number of rotatable bonds is 9. The molecule has 0 aliphatic heterocycles. The third-order valence-electron chi connectivity index (χ3n) is 3.03. The van der Waals surface area contributed by atoms with Gasteiger partial charge in [-0.15, -0.1) is 5.10 Å². The lowest BCUT2D eigenvalue weighted by atomic mass is 10.0. The van der Waals surface area contributed by atoms with Gasteiger partial charge in [-0.2, -0.15) is 0 Å². The van der Waals surface area contributed by atoms with E-state index in [0.29, 0.717) is 12.4 Å². The smallest absolute Gasteiger partial charge is 0.481 e. The van der Waals surface area contributed by atoms with Gasteiger partial charge in [0.05, 0.1) is 6.42 Å². The molecule has 1 unspecified atom stereocenters. The second kappa shape index (κ2) is 7.50. The maximum atomic E-state index is 11.0. The highest BCUT2D eigenvalue weighted by atomic mass is 28.4. The molecule has 0 bridgehead atoms. The van der Waals surface area contributed by atoms with Gasteiger partial charge in [0.1, 0.15) is 0 Å². The first-order valence-electron chi connectivity index (χ1n) is 6.36. The minimum absolute atomic E-state index is 0.174. The van der Waals surface area contributed by atoms with Gasteiger partial charge in [-0.25, -0.2) is 0 Å². The number of aromatic nitrogens is 2. The summed E-state index contributed by atoms with van der Waals surface area (Å²) >= 11 is 0. The van der Waals surface area contributed by atoms with Crippen LogP contribution in [0.25, 0.3) is 0 Å². The molecule has 0 spiro atoms. The molecular weight excluding hydrogens is 298 g/mol. The van der Waals surface area contributed by atoms with Crippen LogP contribution in [0.5, 0.6) is 0 Å². The summed E-state index contributed by atoms with van der Waals surface area (Å²) in [5.74, 6) is -1.26. The van der Waals surface area contributed by atoms with Crippen LogP contribution in [0.3, 0.4) is 0 Å². The van der Waals surface area contributed by atoms with Crippen LogP contribution in [0.15, 0.2) is 4.42 Å². The van der Waals surface area contributed by atoms with E-state index < -0.39 is 20.7 Å². The first-order valence-corrected chi connectivity index (χ1v) is 8.33. The van der Waals surface area contributed by atoms with Gasteiger partial charge in [-0.3, -0.25) is 4.79 Å². The van der Waals surface area contributed by atoms with Gasteiger partial charge in [-0.05, 0) is 6.42 Å². The molecule has 10 heteroatoms. The number of carbonyl (C=O) groups is 1. The van der Waals surface area contributed by atoms with Crippen molar-refractivity contribution in [3.8, 4) is 0 Å². The minimum Gasteiger partial charge on any atom is -0.481 e. The van der Waals surface area contributed by atoms with Gasteiger partial charge in [0.15, 0.2) is 0 Å². The Bertz CT molecular complexity index is 463. The molecule has 1 heterocycles. The molecule has 1 aromatic rings. The van der Waals surface area contributed by atoms with E-state index in [1.54, 1.807) is 19.0 Å². The normalized spacial score (nSPS) is 13.2. The van der Waals surface area contributed by atoms with E-state index in [0.717, 1.165) is 0 Å². The molecule has 21 heavy (non-hydrogen) atoms. The zero-order chi connectivity index (χ0) is 16.0. The number of carboxylic acids is 1. The summed E-state index contributed by atoms with van der Waals surface area (Å²) in [5, 5.41) is 16.7. The van der Waals surface area contributed by atoms with Crippen molar-refractivity contribution in [3.05, 3.63) is 5.89 Å². The zero-order valence-electron chi connectivity index (χ0n) is 12.6. The van der Waals surface area contributed by atoms with Crippen LogP contribution < -0.4 is 4.90 Å². The average molecular weight is 319 g/mol. The largest absolute Gasteiger partial charge is 0.497 e. The molecule has 0 saturated heterocycles. The summed E-state index contributed by atoms with van der Waals surface area (Å²) in [7, 11) is 2.95. The maximum Gasteiger partial charge on any atom is 0.497 e. The lowest BCUT2D eigenvalue weighted by Crippen LogP contribution is -2.40. The van der Waals surface area contributed by atoms with Gasteiger partial charge in [0, 0.05) is 40.3 Å². The molecule has 2 N–H and O–H groups in total. The Balaban J connectivity index is 2.82. The van der Waals surface area contributed by atoms with E-state index in [1.165, 1.54) is 14.2 Å². The van der Waals surface area contributed by atoms with Crippen molar-refractivity contribution in [1.29, 1.82) is 0 Å². The van der Waals surface area contributed by atoms with Crippen molar-refractivity contribution in [2.24, 2.45) is 0 Å². The summed E-state index contributed by atoms with van der Waals surface area (Å²) < 4.78 is 15.4. The molecule has 1 atom stereocenters. The van der Waals surface area contributed by atoms with Crippen LogP contribution in [0.2, 0.25) is 6.04 Å². The predicted molar refractivity (Wildman–Crippen MR) is 75.0 cm³/mol. The third kappa shape index (κ3) is 5.08. The van der Waals surface area contributed by atoms with Crippen LogP contribution in [0.4, 0.5) is 6.01 Å². The molecule has 9 nitrogen and oxygen atoms in total. The number of hydrogen-bond donors (Lipinski definition) is 2. The Morgan fingerprint density at radius 3 is 2.43 bits per heavy atom. The van der Waals surface area contributed by atoms with Crippen LogP contribution in [0, 0.1) is 0 Å². The molecule has 120 valence electrons. The molecule has 1 aromatic heterocycles. The molecule has 0 aliphatic rings. The molecule has 0 aromatic carbocycles. The molecule has 0 fully saturated rings. The number of aliphatic carboxylic acids is 1. The number of carboxylic acid groups (broad SMARTS) is 1. The van der Waals surface area contributed by atoms with Crippen molar-refractivity contribution in [2.75, 3.05) is 33.2 Å². The Morgan fingerprint density at radius 2 is 2.00 bits per heavy atom. The SMILES string of the molecule is CO[Si](O)(CCC(CC(=O)O)c1nnc(N(C)C)o1)OC. The van der Waals surface area contributed by atoms with Crippen molar-refractivity contribution in [2.45, 2.75) is 24.8 Å². The lowest BCUT2D eigenvalue weighted by Gasteiger charge is -2.21. The van der Waals surface area contributed by atoms with E-state index in [4.69, 9.17) is 18.4 Å². The van der Waals surface area contributed by atoms with Crippen LogP contribution in [-0.2, 0) is 13.6 Å².